The molecule has 1 heterocycles. The van der Waals surface area contributed by atoms with Gasteiger partial charge in [-0.1, -0.05) is 24.3 Å². The zero-order chi connectivity index (χ0) is 19.4. The molecule has 0 radical (unpaired) electrons. The van der Waals surface area contributed by atoms with Gasteiger partial charge in [-0.3, -0.25) is 4.98 Å². The molecule has 3 aromatic rings. The van der Waals surface area contributed by atoms with Crippen molar-refractivity contribution in [2.24, 2.45) is 0 Å². The maximum atomic E-state index is 13.5. The molecule has 0 bridgehead atoms. The molecular weight excluding hydrogens is 364 g/mol. The maximum Gasteiger partial charge on any atom is 0.338 e. The fraction of sp³-hybridized carbons (Fsp3) is 0.100. The van der Waals surface area contributed by atoms with Gasteiger partial charge in [0.15, 0.2) is 0 Å². The van der Waals surface area contributed by atoms with Gasteiger partial charge in [-0.15, -0.1) is 0 Å². The highest BCUT2D eigenvalue weighted by atomic mass is 32.2. The van der Waals surface area contributed by atoms with Gasteiger partial charge in [-0.25, -0.2) is 17.5 Å². The first-order chi connectivity index (χ1) is 12.9. The van der Waals surface area contributed by atoms with Gasteiger partial charge in [0.2, 0.25) is 0 Å². The number of sulfonamides is 1. The van der Waals surface area contributed by atoms with E-state index in [1.807, 2.05) is 0 Å². The Bertz CT molecular complexity index is 1010. The first-order valence-corrected chi connectivity index (χ1v) is 9.58. The van der Waals surface area contributed by atoms with Crippen LogP contribution < -0.4 is 4.31 Å². The van der Waals surface area contributed by atoms with Crippen LogP contribution in [0.25, 0.3) is 0 Å². The minimum atomic E-state index is -4.00. The summed E-state index contributed by atoms with van der Waals surface area (Å²) in [5, 5.41) is 0. The van der Waals surface area contributed by atoms with Crippen molar-refractivity contribution in [2.45, 2.75) is 11.8 Å². The van der Waals surface area contributed by atoms with E-state index in [2.05, 4.69) is 4.98 Å². The molecule has 27 heavy (non-hydrogen) atoms. The number of esters is 1. The van der Waals surface area contributed by atoms with Crippen LogP contribution >= 0.6 is 0 Å². The van der Waals surface area contributed by atoms with Crippen molar-refractivity contribution in [1.29, 1.82) is 0 Å². The molecule has 0 unspecified atom stereocenters. The molecule has 2 aromatic carbocycles. The Morgan fingerprint density at radius 1 is 1.00 bits per heavy atom. The lowest BCUT2D eigenvalue weighted by Gasteiger charge is -2.24. The molecule has 6 nitrogen and oxygen atoms in total. The topological polar surface area (TPSA) is 76.6 Å². The molecule has 0 saturated heterocycles. The average Bonchev–Trinajstić information content (AvgIpc) is 2.69. The normalized spacial score (nSPS) is 11.0. The Hall–Kier alpha value is -3.19. The zero-order valence-corrected chi connectivity index (χ0v) is 15.7. The number of pyridine rings is 1. The van der Waals surface area contributed by atoms with Gasteiger partial charge in [-0.05, 0) is 48.9 Å². The Morgan fingerprint density at radius 3 is 2.33 bits per heavy atom. The molecule has 1 aromatic heterocycles. The quantitative estimate of drug-likeness (QED) is 0.629. The fourth-order valence-electron chi connectivity index (χ4n) is 2.66. The van der Waals surface area contributed by atoms with E-state index < -0.39 is 16.0 Å². The monoisotopic (exact) mass is 382 g/mol. The number of aryl methyl sites for hydroxylation is 1. The molecule has 0 saturated carbocycles. The number of carbonyl (C=O) groups excluding carboxylic acids is 1. The van der Waals surface area contributed by atoms with Crippen molar-refractivity contribution in [1.82, 2.24) is 4.98 Å². The number of ether oxygens (including phenoxy) is 1. The van der Waals surface area contributed by atoms with Crippen molar-refractivity contribution in [3.8, 4) is 0 Å². The average molecular weight is 382 g/mol. The molecule has 0 aliphatic heterocycles. The second-order valence-corrected chi connectivity index (χ2v) is 7.57. The highest BCUT2D eigenvalue weighted by Crippen LogP contribution is 2.32. The van der Waals surface area contributed by atoms with Crippen molar-refractivity contribution in [2.75, 3.05) is 11.4 Å². The van der Waals surface area contributed by atoms with Crippen LogP contribution in [0.15, 0.2) is 78.0 Å². The molecule has 138 valence electrons. The van der Waals surface area contributed by atoms with E-state index >= 15 is 0 Å². The highest BCUT2D eigenvalue weighted by Gasteiger charge is 2.28. The van der Waals surface area contributed by atoms with Crippen molar-refractivity contribution in [3.05, 3.63) is 84.2 Å². The zero-order valence-electron chi connectivity index (χ0n) is 14.9. The maximum absolute atomic E-state index is 13.5. The summed E-state index contributed by atoms with van der Waals surface area (Å²) in [6.45, 7) is 1.72. The van der Waals surface area contributed by atoms with Gasteiger partial charge in [-0.2, -0.15) is 0 Å². The second kappa shape index (κ2) is 7.59. The number of hydrogen-bond donors (Lipinski definition) is 0. The summed E-state index contributed by atoms with van der Waals surface area (Å²) in [5.41, 5.74) is 1.70. The summed E-state index contributed by atoms with van der Waals surface area (Å²) < 4.78 is 32.9. The molecule has 0 atom stereocenters. The smallest absolute Gasteiger partial charge is 0.338 e. The van der Waals surface area contributed by atoms with Crippen LogP contribution in [0, 0.1) is 6.92 Å². The lowest BCUT2D eigenvalue weighted by molar-refractivity contribution is 0.0599. The predicted octanol–water partition coefficient (Wildman–Crippen LogP) is 3.70. The number of hydrogen-bond acceptors (Lipinski definition) is 5. The van der Waals surface area contributed by atoms with E-state index in [0.29, 0.717) is 16.9 Å². The van der Waals surface area contributed by atoms with Crippen LogP contribution in [0.2, 0.25) is 0 Å². The molecule has 0 spiro atoms. The molecule has 0 amide bonds. The molecular formula is C20H18N2O4S. The summed E-state index contributed by atoms with van der Waals surface area (Å²) in [7, 11) is -2.74. The molecule has 3 rings (SSSR count). The van der Waals surface area contributed by atoms with E-state index in [1.165, 1.54) is 29.7 Å². The third-order valence-electron chi connectivity index (χ3n) is 4.02. The molecule has 0 fully saturated rings. The Labute approximate surface area is 158 Å². The fourth-order valence-corrected chi connectivity index (χ4v) is 4.16. The number of aromatic nitrogens is 1. The van der Waals surface area contributed by atoms with Crippen molar-refractivity contribution < 1.29 is 17.9 Å². The standard InChI is InChI=1S/C20H18N2O4S/c1-15-10-11-18(13-19(15)20(23)26-2)27(24,25)22(16-7-4-3-5-8-16)17-9-6-12-21-14-17/h3-14H,1-2H3. The van der Waals surface area contributed by atoms with E-state index in [-0.39, 0.29) is 10.5 Å². The summed E-state index contributed by atoms with van der Waals surface area (Å²) in [6.07, 6.45) is 3.04. The first-order valence-electron chi connectivity index (χ1n) is 8.14. The predicted molar refractivity (Wildman–Crippen MR) is 103 cm³/mol. The van der Waals surface area contributed by atoms with Crippen molar-refractivity contribution >= 4 is 27.4 Å². The van der Waals surface area contributed by atoms with Gasteiger partial charge in [0.05, 0.1) is 35.1 Å². The number of anilines is 2. The SMILES string of the molecule is COC(=O)c1cc(S(=O)(=O)N(c2ccccc2)c2cccnc2)ccc1C. The summed E-state index contributed by atoms with van der Waals surface area (Å²) in [5.74, 6) is -0.586. The van der Waals surface area contributed by atoms with E-state index in [9.17, 15) is 13.2 Å². The summed E-state index contributed by atoms with van der Waals surface area (Å²) >= 11 is 0. The Balaban J connectivity index is 2.19. The minimum Gasteiger partial charge on any atom is -0.465 e. The second-order valence-electron chi connectivity index (χ2n) is 5.78. The number of para-hydroxylation sites is 1. The Kier molecular flexibility index (Phi) is 5.23. The number of benzene rings is 2. The van der Waals surface area contributed by atoms with Crippen LogP contribution in [-0.2, 0) is 14.8 Å². The van der Waals surface area contributed by atoms with Crippen LogP contribution in [0.4, 0.5) is 11.4 Å². The molecule has 7 heteroatoms. The lowest BCUT2D eigenvalue weighted by Crippen LogP contribution is -2.26. The van der Waals surface area contributed by atoms with Gasteiger partial charge in [0.1, 0.15) is 0 Å². The van der Waals surface area contributed by atoms with Crippen LogP contribution in [0.1, 0.15) is 15.9 Å². The van der Waals surface area contributed by atoms with Crippen LogP contribution in [0.3, 0.4) is 0 Å². The molecule has 0 aliphatic carbocycles. The number of rotatable bonds is 5. The van der Waals surface area contributed by atoms with Gasteiger partial charge in [0.25, 0.3) is 10.0 Å². The molecule has 0 N–H and O–H groups in total. The Morgan fingerprint density at radius 2 is 1.70 bits per heavy atom. The summed E-state index contributed by atoms with van der Waals surface area (Å²) in [6, 6.07) is 16.4. The van der Waals surface area contributed by atoms with Gasteiger partial charge in [0, 0.05) is 6.20 Å². The van der Waals surface area contributed by atoms with Gasteiger partial charge >= 0.3 is 5.97 Å². The van der Waals surface area contributed by atoms with Crippen LogP contribution in [-0.4, -0.2) is 26.5 Å². The number of carbonyl (C=O) groups is 1. The summed E-state index contributed by atoms with van der Waals surface area (Å²) in [4.78, 5) is 16.0. The first kappa shape index (κ1) is 18.6. The highest BCUT2D eigenvalue weighted by molar-refractivity contribution is 7.93. The third-order valence-corrected chi connectivity index (χ3v) is 5.78. The number of nitrogens with zero attached hydrogens (tertiary/aromatic N) is 2. The molecule has 0 aliphatic rings. The van der Waals surface area contributed by atoms with E-state index in [1.54, 1.807) is 61.7 Å². The number of methoxy groups -OCH3 is 1. The minimum absolute atomic E-state index is 0.0128. The third kappa shape index (κ3) is 3.68. The van der Waals surface area contributed by atoms with Crippen LogP contribution in [0.5, 0.6) is 0 Å². The lowest BCUT2D eigenvalue weighted by atomic mass is 10.1. The van der Waals surface area contributed by atoms with E-state index in [0.717, 1.165) is 0 Å². The van der Waals surface area contributed by atoms with E-state index in [4.69, 9.17) is 4.74 Å². The van der Waals surface area contributed by atoms with Gasteiger partial charge < -0.3 is 4.74 Å². The largest absolute Gasteiger partial charge is 0.465 e. The van der Waals surface area contributed by atoms with Crippen molar-refractivity contribution in [3.63, 3.8) is 0 Å².